The summed E-state index contributed by atoms with van der Waals surface area (Å²) in [5.41, 5.74) is 1.84. The van der Waals surface area contributed by atoms with Gasteiger partial charge in [-0.05, 0) is 46.9 Å². The van der Waals surface area contributed by atoms with Crippen LogP contribution in [0.4, 0.5) is 0 Å². The molecular weight excluding hydrogens is 591 g/mol. The zero-order chi connectivity index (χ0) is 28.0. The van der Waals surface area contributed by atoms with E-state index in [1.807, 2.05) is 30.3 Å². The molecule has 0 fully saturated rings. The molecule has 0 bridgehead atoms. The van der Waals surface area contributed by atoms with Gasteiger partial charge in [-0.3, -0.25) is 9.59 Å². The molecule has 0 atom stereocenters. The van der Waals surface area contributed by atoms with E-state index in [2.05, 4.69) is 36.7 Å². The molecule has 0 aliphatic heterocycles. The Hall–Kier alpha value is -2.74. The largest absolute Gasteiger partial charge is 0.491 e. The maximum absolute atomic E-state index is 12.8. The summed E-state index contributed by atoms with van der Waals surface area (Å²) in [6, 6.07) is 18.3. The minimum absolute atomic E-state index is 0.0703. The van der Waals surface area contributed by atoms with Crippen molar-refractivity contribution in [2.24, 2.45) is 0 Å². The summed E-state index contributed by atoms with van der Waals surface area (Å²) in [5.74, 6) is 0.699. The van der Waals surface area contributed by atoms with Crippen LogP contribution in [-0.4, -0.2) is 48.9 Å². The van der Waals surface area contributed by atoms with Crippen LogP contribution in [0.25, 0.3) is 0 Å². The Morgan fingerprint density at radius 2 is 1.50 bits per heavy atom. The molecule has 2 amide bonds. The van der Waals surface area contributed by atoms with Crippen molar-refractivity contribution in [2.75, 3.05) is 27.2 Å². The number of benzene rings is 3. The molecule has 0 saturated carbocycles. The zero-order valence-corrected chi connectivity index (χ0v) is 25.2. The summed E-state index contributed by atoms with van der Waals surface area (Å²) in [5, 5.41) is 0.845. The minimum Gasteiger partial charge on any atom is -0.491 e. The third kappa shape index (κ3) is 7.88. The molecule has 6 nitrogen and oxygen atoms in total. The highest BCUT2D eigenvalue weighted by molar-refractivity contribution is 9.10. The second kappa shape index (κ2) is 12.9. The van der Waals surface area contributed by atoms with Crippen molar-refractivity contribution < 1.29 is 19.1 Å². The Kier molecular flexibility index (Phi) is 10.1. The first-order valence-electron chi connectivity index (χ1n) is 12.0. The number of likely N-dealkylation sites (N-methyl/N-ethyl adjacent to an activating group) is 2. The number of amides is 2. The average Bonchev–Trinajstić information content (AvgIpc) is 2.86. The van der Waals surface area contributed by atoms with Crippen molar-refractivity contribution in [2.45, 2.75) is 32.7 Å². The Labute approximate surface area is 242 Å². The number of ether oxygens (including phenoxy) is 2. The van der Waals surface area contributed by atoms with E-state index in [1.165, 1.54) is 9.80 Å². The van der Waals surface area contributed by atoms with Crippen molar-refractivity contribution in [3.05, 3.63) is 86.3 Å². The van der Waals surface area contributed by atoms with Crippen LogP contribution in [0, 0.1) is 0 Å². The van der Waals surface area contributed by atoms with Gasteiger partial charge in [0.15, 0.2) is 0 Å². The molecule has 0 spiro atoms. The first kappa shape index (κ1) is 29.8. The first-order chi connectivity index (χ1) is 17.9. The van der Waals surface area contributed by atoms with Crippen molar-refractivity contribution in [3.8, 4) is 17.2 Å². The maximum Gasteiger partial charge on any atom is 0.312 e. The molecule has 0 saturated heterocycles. The maximum atomic E-state index is 12.8. The molecule has 202 valence electrons. The molecule has 0 N–H and O–H groups in total. The Morgan fingerprint density at radius 1 is 0.868 bits per heavy atom. The van der Waals surface area contributed by atoms with Crippen molar-refractivity contribution >= 4 is 50.9 Å². The Bertz CT molecular complexity index is 1310. The molecule has 0 aliphatic rings. The summed E-state index contributed by atoms with van der Waals surface area (Å²) in [6.45, 7) is 7.15. The number of rotatable bonds is 8. The zero-order valence-electron chi connectivity index (χ0n) is 22.1. The molecule has 38 heavy (non-hydrogen) atoms. The average molecular weight is 622 g/mol. The van der Waals surface area contributed by atoms with Gasteiger partial charge >= 0.3 is 11.8 Å². The lowest BCUT2D eigenvalue weighted by Gasteiger charge is -2.24. The van der Waals surface area contributed by atoms with Gasteiger partial charge in [0.25, 0.3) is 0 Å². The van der Waals surface area contributed by atoms with Gasteiger partial charge in [0.1, 0.15) is 23.9 Å². The second-order valence-electron chi connectivity index (χ2n) is 9.91. The number of hydrogen-bond acceptors (Lipinski definition) is 4. The number of nitrogens with zero attached hydrogens (tertiary/aromatic N) is 2. The van der Waals surface area contributed by atoms with E-state index in [0.717, 1.165) is 21.3 Å². The third-order valence-electron chi connectivity index (χ3n) is 5.81. The topological polar surface area (TPSA) is 59.1 Å². The summed E-state index contributed by atoms with van der Waals surface area (Å²) in [7, 11) is 3.19. The monoisotopic (exact) mass is 620 g/mol. The van der Waals surface area contributed by atoms with Gasteiger partial charge in [0, 0.05) is 31.2 Å². The molecule has 0 aliphatic carbocycles. The van der Waals surface area contributed by atoms with Gasteiger partial charge in [-0.2, -0.15) is 0 Å². The number of hydrogen-bond donors (Lipinski definition) is 0. The van der Waals surface area contributed by atoms with Gasteiger partial charge in [-0.1, -0.05) is 84.2 Å². The Morgan fingerprint density at radius 3 is 2.16 bits per heavy atom. The highest BCUT2D eigenvalue weighted by Crippen LogP contribution is 2.32. The molecule has 3 aromatic rings. The molecule has 0 radical (unpaired) electrons. The van der Waals surface area contributed by atoms with Crippen LogP contribution in [0.2, 0.25) is 10.0 Å². The lowest BCUT2D eigenvalue weighted by Crippen LogP contribution is -2.43. The molecular formula is C29H31BrCl2N2O4. The van der Waals surface area contributed by atoms with Crippen molar-refractivity contribution in [1.82, 2.24) is 9.80 Å². The SMILES string of the molecule is CN(CCOc1ccccc1C(C)(C)C)C(=O)C(=O)N(C)Cc1ccc(Oc2ccc(Cl)c(Cl)c2)cc1Br. The quantitative estimate of drug-likeness (QED) is 0.247. The van der Waals surface area contributed by atoms with Gasteiger partial charge in [-0.25, -0.2) is 0 Å². The van der Waals surface area contributed by atoms with Crippen molar-refractivity contribution in [1.29, 1.82) is 0 Å². The summed E-state index contributed by atoms with van der Waals surface area (Å²) >= 11 is 15.5. The van der Waals surface area contributed by atoms with Crippen LogP contribution in [-0.2, 0) is 21.5 Å². The van der Waals surface area contributed by atoms with Crippen LogP contribution < -0.4 is 9.47 Å². The van der Waals surface area contributed by atoms with Crippen LogP contribution in [0.1, 0.15) is 31.9 Å². The smallest absolute Gasteiger partial charge is 0.312 e. The molecule has 0 heterocycles. The van der Waals surface area contributed by atoms with Crippen LogP contribution in [0.3, 0.4) is 0 Å². The van der Waals surface area contributed by atoms with E-state index in [4.69, 9.17) is 32.7 Å². The lowest BCUT2D eigenvalue weighted by molar-refractivity contribution is -0.150. The van der Waals surface area contributed by atoms with Crippen LogP contribution >= 0.6 is 39.1 Å². The van der Waals surface area contributed by atoms with E-state index >= 15 is 0 Å². The van der Waals surface area contributed by atoms with Crippen LogP contribution in [0.15, 0.2) is 65.1 Å². The number of carbonyl (C=O) groups is 2. The number of halogens is 3. The van der Waals surface area contributed by atoms with Gasteiger partial charge in [0.05, 0.1) is 16.6 Å². The first-order valence-corrected chi connectivity index (χ1v) is 13.6. The summed E-state index contributed by atoms with van der Waals surface area (Å²) < 4.78 is 12.5. The summed E-state index contributed by atoms with van der Waals surface area (Å²) in [6.07, 6.45) is 0. The minimum atomic E-state index is -0.606. The number of para-hydroxylation sites is 1. The van der Waals surface area contributed by atoms with E-state index in [1.54, 1.807) is 44.4 Å². The second-order valence-corrected chi connectivity index (χ2v) is 11.6. The lowest BCUT2D eigenvalue weighted by atomic mass is 9.86. The highest BCUT2D eigenvalue weighted by atomic mass is 79.9. The standard InChI is InChI=1S/C29H31BrCl2N2O4/c1-29(2,3)22-8-6-7-9-26(22)37-15-14-33(4)27(35)28(36)34(5)18-19-10-11-20(16-23(19)30)38-21-12-13-24(31)25(32)17-21/h6-13,16-17H,14-15,18H2,1-5H3. The van der Waals surface area contributed by atoms with Crippen LogP contribution in [0.5, 0.6) is 17.2 Å². The van der Waals surface area contributed by atoms with E-state index in [0.29, 0.717) is 21.5 Å². The van der Waals surface area contributed by atoms with E-state index in [9.17, 15) is 9.59 Å². The normalized spacial score (nSPS) is 11.2. The predicted molar refractivity (Wildman–Crippen MR) is 155 cm³/mol. The van der Waals surface area contributed by atoms with E-state index < -0.39 is 11.8 Å². The molecule has 9 heteroatoms. The molecule has 0 aromatic heterocycles. The fourth-order valence-electron chi connectivity index (χ4n) is 3.66. The molecule has 0 unspecified atom stereocenters. The van der Waals surface area contributed by atoms with Gasteiger partial charge < -0.3 is 19.3 Å². The fourth-order valence-corrected chi connectivity index (χ4v) is 4.43. The number of carbonyl (C=O) groups excluding carboxylic acids is 2. The molecule has 3 aromatic carbocycles. The molecule has 3 rings (SSSR count). The summed E-state index contributed by atoms with van der Waals surface area (Å²) in [4.78, 5) is 28.3. The van der Waals surface area contributed by atoms with Gasteiger partial charge in [0.2, 0.25) is 0 Å². The highest BCUT2D eigenvalue weighted by Gasteiger charge is 2.24. The predicted octanol–water partition coefficient (Wildman–Crippen LogP) is 7.34. The van der Waals surface area contributed by atoms with E-state index in [-0.39, 0.29) is 25.1 Å². The Balaban J connectivity index is 1.55. The fraction of sp³-hybridized carbons (Fsp3) is 0.310. The van der Waals surface area contributed by atoms with Crippen molar-refractivity contribution in [3.63, 3.8) is 0 Å². The third-order valence-corrected chi connectivity index (χ3v) is 7.29. The van der Waals surface area contributed by atoms with Gasteiger partial charge in [-0.15, -0.1) is 0 Å².